The van der Waals surface area contributed by atoms with Crippen LogP contribution >= 0.6 is 0 Å². The van der Waals surface area contributed by atoms with Crippen molar-refractivity contribution in [3.8, 4) is 11.5 Å². The second-order valence-corrected chi connectivity index (χ2v) is 10.3. The quantitative estimate of drug-likeness (QED) is 0.219. The second kappa shape index (κ2) is 13.2. The van der Waals surface area contributed by atoms with E-state index < -0.39 is 0 Å². The van der Waals surface area contributed by atoms with Gasteiger partial charge in [0.1, 0.15) is 0 Å². The summed E-state index contributed by atoms with van der Waals surface area (Å²) >= 11 is 0. The van der Waals surface area contributed by atoms with Gasteiger partial charge in [-0.1, -0.05) is 36.4 Å². The van der Waals surface area contributed by atoms with E-state index in [1.807, 2.05) is 36.4 Å². The van der Waals surface area contributed by atoms with E-state index in [4.69, 9.17) is 9.47 Å². The molecule has 220 valence electrons. The molecule has 0 atom stereocenters. The Labute approximate surface area is 249 Å². The van der Waals surface area contributed by atoms with Gasteiger partial charge in [0.15, 0.2) is 11.5 Å². The number of methoxy groups -OCH3 is 2. The lowest BCUT2D eigenvalue weighted by molar-refractivity contribution is -0.730. The second-order valence-electron chi connectivity index (χ2n) is 10.3. The van der Waals surface area contributed by atoms with Crippen molar-refractivity contribution in [2.24, 2.45) is 0 Å². The van der Waals surface area contributed by atoms with Gasteiger partial charge in [0.2, 0.25) is 0 Å². The highest BCUT2D eigenvalue weighted by Gasteiger charge is 2.23. The minimum Gasteiger partial charge on any atom is -0.493 e. The maximum Gasteiger partial charge on any atom is 0.321 e. The summed E-state index contributed by atoms with van der Waals surface area (Å²) in [5.41, 5.74) is 5.65. The number of fused-ring (bicyclic) bond motifs is 1. The van der Waals surface area contributed by atoms with Gasteiger partial charge in [-0.2, -0.15) is 0 Å². The van der Waals surface area contributed by atoms with E-state index in [1.165, 1.54) is 19.8 Å². The third kappa shape index (κ3) is 6.99. The van der Waals surface area contributed by atoms with Crippen molar-refractivity contribution in [3.05, 3.63) is 123 Å². The molecular formula is C33H33N4O6+. The molecule has 10 nitrogen and oxygen atoms in total. The number of nitrogens with zero attached hydrogens (tertiary/aromatic N) is 2. The lowest BCUT2D eigenvalue weighted by atomic mass is 9.98. The lowest BCUT2D eigenvalue weighted by Gasteiger charge is -2.29. The van der Waals surface area contributed by atoms with Crippen LogP contribution in [0.15, 0.2) is 84.9 Å². The maximum absolute atomic E-state index is 13.1. The van der Waals surface area contributed by atoms with Gasteiger partial charge >= 0.3 is 5.69 Å². The number of amides is 2. The van der Waals surface area contributed by atoms with Crippen molar-refractivity contribution in [3.63, 3.8) is 0 Å². The molecule has 0 spiro atoms. The molecular weight excluding hydrogens is 548 g/mol. The summed E-state index contributed by atoms with van der Waals surface area (Å²) in [5.74, 6) is 0.471. The van der Waals surface area contributed by atoms with Crippen LogP contribution in [0, 0.1) is 4.91 Å². The summed E-state index contributed by atoms with van der Waals surface area (Å²) in [5, 5.41) is 15.3. The van der Waals surface area contributed by atoms with E-state index in [-0.39, 0.29) is 29.0 Å². The molecule has 1 aliphatic heterocycles. The van der Waals surface area contributed by atoms with Crippen LogP contribution in [0.2, 0.25) is 0 Å². The molecule has 0 aliphatic carbocycles. The molecule has 1 heterocycles. The van der Waals surface area contributed by atoms with Gasteiger partial charge < -0.3 is 20.1 Å². The molecule has 0 saturated heterocycles. The predicted octanol–water partition coefficient (Wildman–Crippen LogP) is 5.24. The number of ether oxygens (including phenoxy) is 2. The van der Waals surface area contributed by atoms with Crippen LogP contribution in [-0.4, -0.2) is 47.6 Å². The number of hydrogen-bond acceptors (Lipinski definition) is 6. The minimum atomic E-state index is -0.274. The highest BCUT2D eigenvalue weighted by molar-refractivity contribution is 6.04. The van der Waals surface area contributed by atoms with Crippen LogP contribution in [0.25, 0.3) is 0 Å². The van der Waals surface area contributed by atoms with E-state index in [2.05, 4.69) is 15.5 Å². The first-order chi connectivity index (χ1) is 20.8. The Kier molecular flexibility index (Phi) is 8.97. The van der Waals surface area contributed by atoms with Gasteiger partial charge in [0.05, 0.1) is 19.1 Å². The third-order valence-electron chi connectivity index (χ3n) is 7.44. The summed E-state index contributed by atoms with van der Waals surface area (Å²) in [4.78, 5) is 39.5. The molecule has 0 bridgehead atoms. The van der Waals surface area contributed by atoms with E-state index in [0.717, 1.165) is 29.7 Å². The van der Waals surface area contributed by atoms with Crippen LogP contribution in [0.4, 0.5) is 11.4 Å². The van der Waals surface area contributed by atoms with Gasteiger partial charge in [-0.3, -0.25) is 14.5 Å². The molecule has 10 heteroatoms. The zero-order valence-electron chi connectivity index (χ0n) is 24.0. The van der Waals surface area contributed by atoms with Crippen molar-refractivity contribution >= 4 is 23.2 Å². The number of carbonyl (C=O) groups excluding carboxylic acids is 2. The fourth-order valence-corrected chi connectivity index (χ4v) is 5.19. The molecule has 4 aromatic rings. The number of benzene rings is 4. The van der Waals surface area contributed by atoms with Crippen LogP contribution in [0.1, 0.15) is 43.0 Å². The summed E-state index contributed by atoms with van der Waals surface area (Å²) < 4.78 is 10.5. The van der Waals surface area contributed by atoms with Gasteiger partial charge in [0.25, 0.3) is 16.7 Å². The lowest BCUT2D eigenvalue weighted by Crippen LogP contribution is -2.30. The summed E-state index contributed by atoms with van der Waals surface area (Å²) in [6.07, 6.45) is 0.836. The topological polar surface area (TPSA) is 120 Å². The number of anilines is 1. The van der Waals surface area contributed by atoms with Gasteiger partial charge in [0, 0.05) is 54.6 Å². The molecule has 2 amide bonds. The minimum absolute atomic E-state index is 0.0951. The van der Waals surface area contributed by atoms with E-state index in [0.29, 0.717) is 41.4 Å². The highest BCUT2D eigenvalue weighted by atomic mass is 16.6. The number of hydrogen-bond donors (Lipinski definition) is 3. The normalized spacial score (nSPS) is 12.6. The van der Waals surface area contributed by atoms with E-state index in [9.17, 15) is 19.7 Å². The number of nitrogens with one attached hydrogen (secondary N) is 2. The van der Waals surface area contributed by atoms with Crippen LogP contribution in [0.3, 0.4) is 0 Å². The van der Waals surface area contributed by atoms with Gasteiger partial charge in [-0.15, -0.1) is 0 Å². The Balaban J connectivity index is 1.21. The van der Waals surface area contributed by atoms with Crippen molar-refractivity contribution in [1.29, 1.82) is 0 Å². The van der Waals surface area contributed by atoms with Crippen molar-refractivity contribution in [1.82, 2.24) is 10.2 Å². The predicted molar refractivity (Wildman–Crippen MR) is 161 cm³/mol. The Bertz CT molecular complexity index is 1670. The zero-order chi connectivity index (χ0) is 30.3. The number of carbonyl (C=O) groups is 2. The SMILES string of the molecule is COc1ccc(C(=O)NCc2cccc(C(=O)Nc3ccc4c(c3)CN(Cc3ccccc3[N+](=O)O)CC4)c2)cc1OC. The molecule has 0 radical (unpaired) electrons. The molecule has 3 N–H and O–H groups in total. The Morgan fingerprint density at radius 3 is 2.44 bits per heavy atom. The standard InChI is InChI=1S/C33H32N4O6/c1-42-30-13-11-25(18-31(30)43-2)32(38)34-19-22-6-5-8-24(16-22)33(39)35-28-12-10-23-14-15-36(21-27(23)17-28)20-26-7-3-4-9-29(26)37(40)41/h3-13,16-18H,14-15,19-21H2,1-2H3,(H2-,34,35,38,39,40,41)/p+1. The van der Waals surface area contributed by atoms with E-state index in [1.54, 1.807) is 48.5 Å². The molecule has 4 aromatic carbocycles. The molecule has 5 rings (SSSR count). The highest BCUT2D eigenvalue weighted by Crippen LogP contribution is 2.28. The fourth-order valence-electron chi connectivity index (χ4n) is 5.19. The smallest absolute Gasteiger partial charge is 0.321 e. The van der Waals surface area contributed by atoms with Crippen molar-refractivity contribution in [2.45, 2.75) is 26.1 Å². The number of rotatable bonds is 10. The molecule has 0 unspecified atom stereocenters. The monoisotopic (exact) mass is 581 g/mol. The van der Waals surface area contributed by atoms with Crippen molar-refractivity contribution < 1.29 is 29.2 Å². The van der Waals surface area contributed by atoms with Gasteiger partial charge in [-0.05, 0) is 65.6 Å². The Morgan fingerprint density at radius 2 is 1.65 bits per heavy atom. The first-order valence-corrected chi connectivity index (χ1v) is 13.8. The molecule has 0 saturated carbocycles. The summed E-state index contributed by atoms with van der Waals surface area (Å²) in [7, 11) is 3.05. The average Bonchev–Trinajstić information content (AvgIpc) is 3.03. The van der Waals surface area contributed by atoms with Gasteiger partial charge in [-0.25, -0.2) is 5.21 Å². The van der Waals surface area contributed by atoms with Crippen LogP contribution in [-0.2, 0) is 26.1 Å². The van der Waals surface area contributed by atoms with Crippen molar-refractivity contribution in [2.75, 3.05) is 26.1 Å². The third-order valence-corrected chi connectivity index (χ3v) is 7.44. The summed E-state index contributed by atoms with van der Waals surface area (Å²) in [6.45, 7) is 2.22. The molecule has 1 aliphatic rings. The van der Waals surface area contributed by atoms with E-state index >= 15 is 0 Å². The molecule has 0 fully saturated rings. The first-order valence-electron chi connectivity index (χ1n) is 13.8. The summed E-state index contributed by atoms with van der Waals surface area (Å²) in [6, 6.07) is 24.9. The average molecular weight is 582 g/mol. The number of para-hydroxylation sites is 1. The largest absolute Gasteiger partial charge is 0.493 e. The molecule has 43 heavy (non-hydrogen) atoms. The Hall–Kier alpha value is -5.22. The van der Waals surface area contributed by atoms with Crippen LogP contribution in [0.5, 0.6) is 11.5 Å². The first kappa shape index (κ1) is 29.3. The Morgan fingerprint density at radius 1 is 0.860 bits per heavy atom. The van der Waals surface area contributed by atoms with Crippen LogP contribution < -0.4 is 20.1 Å². The molecule has 0 aromatic heterocycles. The fraction of sp³-hybridized carbons (Fsp3) is 0.212. The zero-order valence-corrected chi connectivity index (χ0v) is 24.0. The maximum atomic E-state index is 13.1.